The number of rotatable bonds is 6. The SMILES string of the molecule is NC(=O)COc1c(Br)cc(/C=N/NC(=O)c2ccc(Cl)cc2)cc1Br. The maximum atomic E-state index is 11.9. The number of halogens is 3. The highest BCUT2D eigenvalue weighted by Gasteiger charge is 2.10. The fourth-order valence-electron chi connectivity index (χ4n) is 1.77. The summed E-state index contributed by atoms with van der Waals surface area (Å²) in [5, 5.41) is 4.46. The van der Waals surface area contributed by atoms with Crippen LogP contribution in [0.4, 0.5) is 0 Å². The van der Waals surface area contributed by atoms with E-state index in [0.29, 0.717) is 30.8 Å². The van der Waals surface area contributed by atoms with Gasteiger partial charge in [0.1, 0.15) is 5.75 Å². The normalized spacial score (nSPS) is 10.7. The van der Waals surface area contributed by atoms with Crippen molar-refractivity contribution >= 4 is 61.5 Å². The number of benzene rings is 2. The molecule has 0 aliphatic heterocycles. The third-order valence-electron chi connectivity index (χ3n) is 2.87. The number of primary amides is 1. The van der Waals surface area contributed by atoms with Gasteiger partial charge in [-0.25, -0.2) is 5.43 Å². The van der Waals surface area contributed by atoms with Gasteiger partial charge in [-0.15, -0.1) is 0 Å². The molecule has 0 aliphatic carbocycles. The number of carbonyl (C=O) groups excluding carboxylic acids is 2. The van der Waals surface area contributed by atoms with E-state index in [1.54, 1.807) is 36.4 Å². The zero-order valence-corrected chi connectivity index (χ0v) is 16.6. The van der Waals surface area contributed by atoms with Crippen molar-refractivity contribution in [3.63, 3.8) is 0 Å². The molecular weight excluding hydrogens is 477 g/mol. The second-order valence-corrected chi connectivity index (χ2v) is 6.92. The third kappa shape index (κ3) is 5.84. The summed E-state index contributed by atoms with van der Waals surface area (Å²) in [6.45, 7) is -0.234. The molecule has 2 amide bonds. The summed E-state index contributed by atoms with van der Waals surface area (Å²) < 4.78 is 6.51. The fourth-order valence-corrected chi connectivity index (χ4v) is 3.34. The van der Waals surface area contributed by atoms with Crippen LogP contribution in [-0.4, -0.2) is 24.6 Å². The molecule has 6 nitrogen and oxygen atoms in total. The Hall–Kier alpha value is -1.90. The molecule has 2 rings (SSSR count). The van der Waals surface area contributed by atoms with E-state index in [2.05, 4.69) is 42.4 Å². The molecule has 0 heterocycles. The summed E-state index contributed by atoms with van der Waals surface area (Å²) in [5.74, 6) is -0.483. The van der Waals surface area contributed by atoms with Crippen molar-refractivity contribution in [1.29, 1.82) is 0 Å². The predicted octanol–water partition coefficient (Wildman–Crippen LogP) is 3.49. The van der Waals surface area contributed by atoms with Crippen molar-refractivity contribution in [1.82, 2.24) is 5.43 Å². The van der Waals surface area contributed by atoms with E-state index in [1.165, 1.54) is 6.21 Å². The first-order valence-electron chi connectivity index (χ1n) is 6.86. The lowest BCUT2D eigenvalue weighted by Gasteiger charge is -2.09. The largest absolute Gasteiger partial charge is 0.481 e. The first-order chi connectivity index (χ1) is 11.9. The van der Waals surface area contributed by atoms with Gasteiger partial charge in [-0.3, -0.25) is 9.59 Å². The van der Waals surface area contributed by atoms with Crippen molar-refractivity contribution in [3.05, 3.63) is 61.5 Å². The summed E-state index contributed by atoms with van der Waals surface area (Å²) >= 11 is 12.5. The average molecular weight is 490 g/mol. The van der Waals surface area contributed by atoms with Gasteiger partial charge in [0.2, 0.25) is 0 Å². The van der Waals surface area contributed by atoms with Crippen LogP contribution < -0.4 is 15.9 Å². The lowest BCUT2D eigenvalue weighted by atomic mass is 10.2. The van der Waals surface area contributed by atoms with Crippen LogP contribution in [0.2, 0.25) is 5.02 Å². The molecule has 2 aromatic rings. The van der Waals surface area contributed by atoms with E-state index >= 15 is 0 Å². The lowest BCUT2D eigenvalue weighted by molar-refractivity contribution is -0.119. The Morgan fingerprint density at radius 1 is 1.20 bits per heavy atom. The van der Waals surface area contributed by atoms with Crippen LogP contribution in [0.3, 0.4) is 0 Å². The molecule has 0 aromatic heterocycles. The van der Waals surface area contributed by atoms with Crippen molar-refractivity contribution in [2.45, 2.75) is 0 Å². The standard InChI is InChI=1S/C16H12Br2ClN3O3/c17-12-5-9(6-13(18)15(12)25-8-14(20)23)7-21-22-16(24)10-1-3-11(19)4-2-10/h1-7H,8H2,(H2,20,23)(H,22,24)/b21-7+. The second kappa shape index (κ2) is 8.98. The number of hydrogen-bond acceptors (Lipinski definition) is 4. The van der Waals surface area contributed by atoms with Gasteiger partial charge in [0.05, 0.1) is 15.2 Å². The molecule has 130 valence electrons. The molecule has 0 fully saturated rings. The van der Waals surface area contributed by atoms with Crippen LogP contribution in [0.25, 0.3) is 0 Å². The van der Waals surface area contributed by atoms with Gasteiger partial charge < -0.3 is 10.5 Å². The Balaban J connectivity index is 2.04. The highest BCUT2D eigenvalue weighted by atomic mass is 79.9. The van der Waals surface area contributed by atoms with E-state index in [4.69, 9.17) is 22.1 Å². The molecule has 0 saturated carbocycles. The zero-order chi connectivity index (χ0) is 18.4. The minimum atomic E-state index is -0.575. The van der Waals surface area contributed by atoms with E-state index in [0.717, 1.165) is 0 Å². The minimum Gasteiger partial charge on any atom is -0.481 e. The highest BCUT2D eigenvalue weighted by Crippen LogP contribution is 2.34. The van der Waals surface area contributed by atoms with E-state index in [9.17, 15) is 9.59 Å². The Morgan fingerprint density at radius 3 is 2.36 bits per heavy atom. The number of amides is 2. The van der Waals surface area contributed by atoms with E-state index < -0.39 is 5.91 Å². The first kappa shape index (κ1) is 19.4. The highest BCUT2D eigenvalue weighted by molar-refractivity contribution is 9.11. The van der Waals surface area contributed by atoms with E-state index in [-0.39, 0.29) is 12.5 Å². The Morgan fingerprint density at radius 2 is 1.80 bits per heavy atom. The number of nitrogens with zero attached hydrogens (tertiary/aromatic N) is 1. The predicted molar refractivity (Wildman–Crippen MR) is 103 cm³/mol. The summed E-state index contributed by atoms with van der Waals surface area (Å²) in [4.78, 5) is 22.7. The zero-order valence-electron chi connectivity index (χ0n) is 12.6. The van der Waals surface area contributed by atoms with Gasteiger partial charge in [0, 0.05) is 10.6 Å². The molecule has 0 unspecified atom stereocenters. The smallest absolute Gasteiger partial charge is 0.271 e. The van der Waals surface area contributed by atoms with Crippen molar-refractivity contribution in [2.24, 2.45) is 10.8 Å². The molecule has 0 aliphatic rings. The van der Waals surface area contributed by atoms with Gasteiger partial charge >= 0.3 is 0 Å². The Labute approximate surface area is 165 Å². The van der Waals surface area contributed by atoms with Crippen LogP contribution in [0, 0.1) is 0 Å². The third-order valence-corrected chi connectivity index (χ3v) is 4.30. The topological polar surface area (TPSA) is 93.8 Å². The van der Waals surface area contributed by atoms with Gasteiger partial charge in [-0.05, 0) is 73.8 Å². The summed E-state index contributed by atoms with van der Waals surface area (Å²) in [6.07, 6.45) is 1.47. The molecule has 0 spiro atoms. The summed E-state index contributed by atoms with van der Waals surface area (Å²) in [7, 11) is 0. The number of carbonyl (C=O) groups is 2. The van der Waals surface area contributed by atoms with Crippen molar-refractivity contribution in [3.8, 4) is 5.75 Å². The summed E-state index contributed by atoms with van der Waals surface area (Å²) in [6, 6.07) is 9.90. The van der Waals surface area contributed by atoms with Crippen molar-refractivity contribution < 1.29 is 14.3 Å². The number of hydrazone groups is 1. The quantitative estimate of drug-likeness (QED) is 0.481. The summed E-state index contributed by atoms with van der Waals surface area (Å²) in [5.41, 5.74) is 8.62. The van der Waals surface area contributed by atoms with Gasteiger partial charge in [-0.1, -0.05) is 11.6 Å². The monoisotopic (exact) mass is 487 g/mol. The maximum Gasteiger partial charge on any atom is 0.271 e. The Kier molecular flexibility index (Phi) is 6.98. The van der Waals surface area contributed by atoms with E-state index in [1.807, 2.05) is 0 Å². The lowest BCUT2D eigenvalue weighted by Crippen LogP contribution is -2.20. The number of ether oxygens (including phenoxy) is 1. The molecule has 0 radical (unpaired) electrons. The van der Waals surface area contributed by atoms with Crippen LogP contribution in [0.15, 0.2) is 50.4 Å². The molecule has 0 bridgehead atoms. The average Bonchev–Trinajstić information content (AvgIpc) is 2.54. The minimum absolute atomic E-state index is 0.234. The molecule has 0 atom stereocenters. The van der Waals surface area contributed by atoms with Gasteiger partial charge in [0.15, 0.2) is 6.61 Å². The van der Waals surface area contributed by atoms with Crippen molar-refractivity contribution in [2.75, 3.05) is 6.61 Å². The van der Waals surface area contributed by atoms with Crippen LogP contribution >= 0.6 is 43.5 Å². The Bertz CT molecular complexity index is 803. The molecular formula is C16H12Br2ClN3O3. The van der Waals surface area contributed by atoms with Crippen LogP contribution in [0.5, 0.6) is 5.75 Å². The molecule has 9 heteroatoms. The molecule has 2 aromatic carbocycles. The van der Waals surface area contributed by atoms with Crippen LogP contribution in [-0.2, 0) is 4.79 Å². The number of nitrogens with two attached hydrogens (primary N) is 1. The molecule has 25 heavy (non-hydrogen) atoms. The fraction of sp³-hybridized carbons (Fsp3) is 0.0625. The maximum absolute atomic E-state index is 11.9. The second-order valence-electron chi connectivity index (χ2n) is 4.77. The molecule has 0 saturated heterocycles. The van der Waals surface area contributed by atoms with Crippen LogP contribution in [0.1, 0.15) is 15.9 Å². The van der Waals surface area contributed by atoms with Gasteiger partial charge in [0.25, 0.3) is 11.8 Å². The molecule has 3 N–H and O–H groups in total. The van der Waals surface area contributed by atoms with Gasteiger partial charge in [-0.2, -0.15) is 5.10 Å². The number of hydrogen-bond donors (Lipinski definition) is 2. The number of nitrogens with one attached hydrogen (secondary N) is 1. The first-order valence-corrected chi connectivity index (χ1v) is 8.82.